The third kappa shape index (κ3) is 2.37. The lowest BCUT2D eigenvalue weighted by atomic mass is 9.75. The van der Waals surface area contributed by atoms with E-state index in [2.05, 4.69) is 35.8 Å². The summed E-state index contributed by atoms with van der Waals surface area (Å²) in [5.74, 6) is 0.993. The maximum absolute atomic E-state index is 5.42. The van der Waals surface area contributed by atoms with Crippen LogP contribution in [-0.2, 0) is 5.41 Å². The van der Waals surface area contributed by atoms with E-state index < -0.39 is 0 Å². The predicted octanol–water partition coefficient (Wildman–Crippen LogP) is 3.77. The molecule has 0 unspecified atom stereocenters. The van der Waals surface area contributed by atoms with Gasteiger partial charge in [0.2, 0.25) is 0 Å². The quantitative estimate of drug-likeness (QED) is 0.773. The lowest BCUT2D eigenvalue weighted by Crippen LogP contribution is -2.33. The molecule has 0 aromatic heterocycles. The predicted molar refractivity (Wildman–Crippen MR) is 83.3 cm³/mol. The lowest BCUT2D eigenvalue weighted by Gasteiger charge is -2.29. The summed E-state index contributed by atoms with van der Waals surface area (Å²) in [7, 11) is 1.76. The Morgan fingerprint density at radius 2 is 2.35 bits per heavy atom. The molecule has 0 spiro atoms. The molecule has 2 bridgehead atoms. The highest BCUT2D eigenvalue weighted by atomic mass is 16.5. The summed E-state index contributed by atoms with van der Waals surface area (Å²) in [5.41, 5.74) is 1.87. The van der Waals surface area contributed by atoms with Crippen molar-refractivity contribution in [2.75, 3.05) is 20.2 Å². The van der Waals surface area contributed by atoms with E-state index in [4.69, 9.17) is 4.74 Å². The zero-order chi connectivity index (χ0) is 14.0. The Morgan fingerprint density at radius 3 is 3.15 bits per heavy atom. The van der Waals surface area contributed by atoms with Gasteiger partial charge in [0, 0.05) is 12.6 Å². The molecule has 2 nitrogen and oxygen atoms in total. The first-order valence-corrected chi connectivity index (χ1v) is 7.77. The van der Waals surface area contributed by atoms with Crippen LogP contribution in [0.25, 0.3) is 0 Å². The zero-order valence-corrected chi connectivity index (χ0v) is 12.5. The van der Waals surface area contributed by atoms with Gasteiger partial charge >= 0.3 is 0 Å². The second-order valence-corrected chi connectivity index (χ2v) is 6.30. The van der Waals surface area contributed by atoms with Crippen molar-refractivity contribution >= 4 is 0 Å². The molecule has 1 saturated heterocycles. The summed E-state index contributed by atoms with van der Waals surface area (Å²) in [4.78, 5) is 2.63. The first-order chi connectivity index (χ1) is 9.77. The number of methoxy groups -OCH3 is 1. The van der Waals surface area contributed by atoms with Crippen LogP contribution in [0, 0.1) is 0 Å². The van der Waals surface area contributed by atoms with Gasteiger partial charge in [-0.15, -0.1) is 6.58 Å². The van der Waals surface area contributed by atoms with Crippen molar-refractivity contribution in [2.24, 2.45) is 0 Å². The van der Waals surface area contributed by atoms with Gasteiger partial charge in [-0.3, -0.25) is 4.90 Å². The van der Waals surface area contributed by atoms with E-state index in [1.165, 1.54) is 44.2 Å². The molecule has 20 heavy (non-hydrogen) atoms. The highest BCUT2D eigenvalue weighted by Gasteiger charge is 2.43. The number of ether oxygens (including phenoxy) is 1. The number of rotatable bonds is 4. The molecule has 1 aromatic carbocycles. The lowest BCUT2D eigenvalue weighted by molar-refractivity contribution is 0.226. The molecule has 3 rings (SSSR count). The van der Waals surface area contributed by atoms with Crippen LogP contribution in [-0.4, -0.2) is 31.1 Å². The van der Waals surface area contributed by atoms with Crippen LogP contribution in [0.1, 0.15) is 37.7 Å². The fourth-order valence-corrected chi connectivity index (χ4v) is 4.21. The second-order valence-electron chi connectivity index (χ2n) is 6.30. The molecule has 0 radical (unpaired) electrons. The Kier molecular flexibility index (Phi) is 3.84. The minimum atomic E-state index is 0.384. The molecule has 1 saturated carbocycles. The third-order valence-electron chi connectivity index (χ3n) is 5.25. The van der Waals surface area contributed by atoms with E-state index in [1.54, 1.807) is 7.11 Å². The molecule has 2 atom stereocenters. The van der Waals surface area contributed by atoms with Gasteiger partial charge in [-0.2, -0.15) is 0 Å². The van der Waals surface area contributed by atoms with Gasteiger partial charge in [-0.25, -0.2) is 0 Å². The summed E-state index contributed by atoms with van der Waals surface area (Å²) >= 11 is 0. The molecule has 108 valence electrons. The van der Waals surface area contributed by atoms with E-state index >= 15 is 0 Å². The van der Waals surface area contributed by atoms with Crippen molar-refractivity contribution in [1.29, 1.82) is 0 Å². The Bertz CT molecular complexity index is 484. The van der Waals surface area contributed by atoms with Gasteiger partial charge in [-0.1, -0.05) is 18.2 Å². The highest BCUT2D eigenvalue weighted by Crippen LogP contribution is 2.48. The minimum absolute atomic E-state index is 0.384. The fourth-order valence-electron chi connectivity index (χ4n) is 4.21. The minimum Gasteiger partial charge on any atom is -0.497 e. The molecular formula is C18H25NO. The number of hydrogen-bond donors (Lipinski definition) is 0. The first kappa shape index (κ1) is 13.7. The monoisotopic (exact) mass is 271 g/mol. The summed E-state index contributed by atoms with van der Waals surface area (Å²) in [6, 6.07) is 9.48. The van der Waals surface area contributed by atoms with Crippen molar-refractivity contribution in [1.82, 2.24) is 4.90 Å². The largest absolute Gasteiger partial charge is 0.497 e. The molecule has 0 N–H and O–H groups in total. The Morgan fingerprint density at radius 1 is 1.45 bits per heavy atom. The van der Waals surface area contributed by atoms with Crippen LogP contribution in [0.2, 0.25) is 0 Å². The molecule has 1 aliphatic heterocycles. The van der Waals surface area contributed by atoms with Crippen LogP contribution in [0.5, 0.6) is 5.75 Å². The summed E-state index contributed by atoms with van der Waals surface area (Å²) in [6.45, 7) is 6.17. The number of hydrogen-bond acceptors (Lipinski definition) is 2. The van der Waals surface area contributed by atoms with E-state index in [9.17, 15) is 0 Å². The van der Waals surface area contributed by atoms with Crippen molar-refractivity contribution in [3.63, 3.8) is 0 Å². The fraction of sp³-hybridized carbons (Fsp3) is 0.556. The Hall–Kier alpha value is -1.28. The summed E-state index contributed by atoms with van der Waals surface area (Å²) in [5, 5.41) is 0. The van der Waals surface area contributed by atoms with E-state index in [1.807, 2.05) is 6.07 Å². The normalized spacial score (nSPS) is 29.9. The van der Waals surface area contributed by atoms with Gasteiger partial charge in [-0.05, 0) is 61.8 Å². The SMILES string of the molecule is C=CCN1CCC[C@@]2(c3cccc(OC)c3)CC[C@H]1C2. The zero-order valence-electron chi connectivity index (χ0n) is 12.5. The Balaban J connectivity index is 1.87. The average Bonchev–Trinajstić information content (AvgIpc) is 2.83. The maximum atomic E-state index is 5.42. The van der Waals surface area contributed by atoms with Gasteiger partial charge in [0.25, 0.3) is 0 Å². The van der Waals surface area contributed by atoms with Crippen LogP contribution in [0.4, 0.5) is 0 Å². The van der Waals surface area contributed by atoms with Gasteiger partial charge in [0.15, 0.2) is 0 Å². The molecule has 0 amide bonds. The van der Waals surface area contributed by atoms with Crippen molar-refractivity contribution in [3.05, 3.63) is 42.5 Å². The van der Waals surface area contributed by atoms with Gasteiger partial charge in [0.1, 0.15) is 5.75 Å². The Labute approximate surface area is 122 Å². The summed E-state index contributed by atoms with van der Waals surface area (Å²) in [6.07, 6.45) is 8.60. The number of fused-ring (bicyclic) bond motifs is 2. The van der Waals surface area contributed by atoms with Crippen LogP contribution < -0.4 is 4.74 Å². The maximum Gasteiger partial charge on any atom is 0.119 e. The van der Waals surface area contributed by atoms with Crippen LogP contribution >= 0.6 is 0 Å². The van der Waals surface area contributed by atoms with Crippen LogP contribution in [0.15, 0.2) is 36.9 Å². The average molecular weight is 271 g/mol. The number of likely N-dealkylation sites (tertiary alicyclic amines) is 1. The molecule has 1 heterocycles. The molecular weight excluding hydrogens is 246 g/mol. The number of nitrogens with zero attached hydrogens (tertiary/aromatic N) is 1. The third-order valence-corrected chi connectivity index (χ3v) is 5.25. The molecule has 2 heteroatoms. The number of benzene rings is 1. The van der Waals surface area contributed by atoms with Gasteiger partial charge < -0.3 is 4.74 Å². The topological polar surface area (TPSA) is 12.5 Å². The summed E-state index contributed by atoms with van der Waals surface area (Å²) < 4.78 is 5.42. The van der Waals surface area contributed by atoms with Crippen molar-refractivity contribution in [2.45, 2.75) is 43.6 Å². The van der Waals surface area contributed by atoms with Crippen molar-refractivity contribution in [3.8, 4) is 5.75 Å². The van der Waals surface area contributed by atoms with E-state index in [0.717, 1.165) is 18.3 Å². The molecule has 2 fully saturated rings. The van der Waals surface area contributed by atoms with Gasteiger partial charge in [0.05, 0.1) is 7.11 Å². The highest BCUT2D eigenvalue weighted by molar-refractivity contribution is 5.35. The smallest absolute Gasteiger partial charge is 0.119 e. The molecule has 1 aliphatic carbocycles. The standard InChI is InChI=1S/C18H25NO/c1-3-11-19-12-5-9-18(10-8-16(19)14-18)15-6-4-7-17(13-15)20-2/h3-4,6-7,13,16H,1,5,8-12,14H2,2H3/t16-,18+/m0/s1. The van der Waals surface area contributed by atoms with Crippen molar-refractivity contribution < 1.29 is 4.74 Å². The van der Waals surface area contributed by atoms with E-state index in [0.29, 0.717) is 5.41 Å². The van der Waals surface area contributed by atoms with Crippen LogP contribution in [0.3, 0.4) is 0 Å². The first-order valence-electron chi connectivity index (χ1n) is 7.77. The van der Waals surface area contributed by atoms with E-state index in [-0.39, 0.29) is 0 Å². The molecule has 1 aromatic rings. The molecule has 2 aliphatic rings. The second kappa shape index (κ2) is 5.61.